The van der Waals surface area contributed by atoms with Gasteiger partial charge in [-0.2, -0.15) is 0 Å². The number of carboxylic acid groups (broad SMARTS) is 1. The third kappa shape index (κ3) is 6.51. The van der Waals surface area contributed by atoms with Crippen LogP contribution in [0.3, 0.4) is 0 Å². The van der Waals surface area contributed by atoms with Gasteiger partial charge in [0.25, 0.3) is 0 Å². The Kier molecular flexibility index (Phi) is 8.14. The van der Waals surface area contributed by atoms with E-state index in [1.165, 1.54) is 6.20 Å². The van der Waals surface area contributed by atoms with Crippen LogP contribution in [0.2, 0.25) is 0 Å². The predicted octanol–water partition coefficient (Wildman–Crippen LogP) is 0.464. The monoisotopic (exact) mass is 338 g/mol. The van der Waals surface area contributed by atoms with Gasteiger partial charge in [0.15, 0.2) is 0 Å². The molecule has 0 aromatic carbocycles. The smallest absolute Gasteiger partial charge is 0.408 e. The Balaban J connectivity index is 2.73. The average molecular weight is 338 g/mol. The SMILES string of the molecule is CCN(CCN(C)C)C(=O)CN(Cc1cc(CO)ccn1)C(=O)O. The number of hydrogen-bond acceptors (Lipinski definition) is 5. The summed E-state index contributed by atoms with van der Waals surface area (Å²) in [5, 5.41) is 18.5. The second-order valence-corrected chi connectivity index (χ2v) is 5.73. The molecule has 0 radical (unpaired) electrons. The highest BCUT2D eigenvalue weighted by atomic mass is 16.4. The van der Waals surface area contributed by atoms with Crippen LogP contribution in [-0.4, -0.2) is 82.2 Å². The molecule has 0 saturated carbocycles. The molecule has 0 atom stereocenters. The Morgan fingerprint density at radius 2 is 1.92 bits per heavy atom. The van der Waals surface area contributed by atoms with Crippen molar-refractivity contribution in [2.24, 2.45) is 0 Å². The third-order valence-electron chi connectivity index (χ3n) is 3.56. The third-order valence-corrected chi connectivity index (χ3v) is 3.56. The van der Waals surface area contributed by atoms with Crippen LogP contribution < -0.4 is 0 Å². The van der Waals surface area contributed by atoms with E-state index in [0.29, 0.717) is 30.9 Å². The molecule has 0 aliphatic rings. The van der Waals surface area contributed by atoms with Gasteiger partial charge in [0.05, 0.1) is 18.8 Å². The van der Waals surface area contributed by atoms with Crippen molar-refractivity contribution in [3.05, 3.63) is 29.6 Å². The number of carbonyl (C=O) groups is 2. The second-order valence-electron chi connectivity index (χ2n) is 5.73. The summed E-state index contributed by atoms with van der Waals surface area (Å²) in [6.45, 7) is 3.29. The number of aliphatic hydroxyl groups excluding tert-OH is 1. The van der Waals surface area contributed by atoms with E-state index in [-0.39, 0.29) is 25.6 Å². The van der Waals surface area contributed by atoms with Gasteiger partial charge in [0.2, 0.25) is 5.91 Å². The lowest BCUT2D eigenvalue weighted by atomic mass is 10.2. The number of hydrogen-bond donors (Lipinski definition) is 2. The van der Waals surface area contributed by atoms with Crippen LogP contribution in [0.1, 0.15) is 18.2 Å². The van der Waals surface area contributed by atoms with Gasteiger partial charge in [-0.25, -0.2) is 4.79 Å². The molecule has 0 unspecified atom stereocenters. The van der Waals surface area contributed by atoms with Crippen molar-refractivity contribution in [1.29, 1.82) is 0 Å². The average Bonchev–Trinajstić information content (AvgIpc) is 2.54. The van der Waals surface area contributed by atoms with E-state index in [2.05, 4.69) is 4.98 Å². The number of rotatable bonds is 9. The minimum Gasteiger partial charge on any atom is -0.465 e. The van der Waals surface area contributed by atoms with Gasteiger partial charge in [-0.3, -0.25) is 14.7 Å². The number of aromatic nitrogens is 1. The van der Waals surface area contributed by atoms with Crippen molar-refractivity contribution >= 4 is 12.0 Å². The second kappa shape index (κ2) is 9.84. The molecule has 1 heterocycles. The van der Waals surface area contributed by atoms with Crippen molar-refractivity contribution in [3.8, 4) is 0 Å². The summed E-state index contributed by atoms with van der Waals surface area (Å²) in [7, 11) is 3.84. The van der Waals surface area contributed by atoms with Crippen LogP contribution in [0.25, 0.3) is 0 Å². The molecule has 0 aliphatic carbocycles. The van der Waals surface area contributed by atoms with Gasteiger partial charge in [-0.1, -0.05) is 0 Å². The topological polar surface area (TPSA) is 97.2 Å². The molecule has 0 bridgehead atoms. The molecule has 0 spiro atoms. The molecule has 2 amide bonds. The maximum atomic E-state index is 12.4. The molecular formula is C16H26N4O4. The normalized spacial score (nSPS) is 10.7. The van der Waals surface area contributed by atoms with E-state index in [1.807, 2.05) is 25.9 Å². The standard InChI is InChI=1S/C16H26N4O4/c1-4-19(8-7-18(2)3)15(22)11-20(16(23)24)10-14-9-13(12-21)5-6-17-14/h5-6,9,21H,4,7-8,10-12H2,1-3H3,(H,23,24). The lowest BCUT2D eigenvalue weighted by molar-refractivity contribution is -0.132. The Labute approximate surface area is 142 Å². The van der Waals surface area contributed by atoms with Crippen LogP contribution in [0, 0.1) is 0 Å². The van der Waals surface area contributed by atoms with Crippen molar-refractivity contribution in [1.82, 2.24) is 19.7 Å². The molecule has 0 saturated heterocycles. The number of nitrogens with zero attached hydrogens (tertiary/aromatic N) is 4. The Morgan fingerprint density at radius 3 is 2.46 bits per heavy atom. The van der Waals surface area contributed by atoms with Crippen molar-refractivity contribution in [3.63, 3.8) is 0 Å². The summed E-state index contributed by atoms with van der Waals surface area (Å²) in [4.78, 5) is 32.5. The first-order valence-corrected chi connectivity index (χ1v) is 7.82. The predicted molar refractivity (Wildman–Crippen MR) is 89.4 cm³/mol. The number of carbonyl (C=O) groups excluding carboxylic acids is 1. The first kappa shape index (κ1) is 19.9. The fraction of sp³-hybridized carbons (Fsp3) is 0.562. The Morgan fingerprint density at radius 1 is 1.21 bits per heavy atom. The molecular weight excluding hydrogens is 312 g/mol. The molecule has 134 valence electrons. The summed E-state index contributed by atoms with van der Waals surface area (Å²) in [6, 6.07) is 3.28. The van der Waals surface area contributed by atoms with Gasteiger partial charge in [-0.15, -0.1) is 0 Å². The van der Waals surface area contributed by atoms with E-state index in [0.717, 1.165) is 4.90 Å². The molecule has 1 aromatic rings. The minimum absolute atomic E-state index is 0.000147. The summed E-state index contributed by atoms with van der Waals surface area (Å²) in [5.41, 5.74) is 1.14. The van der Waals surface area contributed by atoms with Crippen LogP contribution >= 0.6 is 0 Å². The number of amides is 2. The van der Waals surface area contributed by atoms with E-state index in [4.69, 9.17) is 5.11 Å². The fourth-order valence-electron chi connectivity index (χ4n) is 2.14. The van der Waals surface area contributed by atoms with E-state index >= 15 is 0 Å². The molecule has 8 heteroatoms. The van der Waals surface area contributed by atoms with Crippen LogP contribution in [0.4, 0.5) is 4.79 Å². The summed E-state index contributed by atoms with van der Waals surface area (Å²) < 4.78 is 0. The van der Waals surface area contributed by atoms with Gasteiger partial charge < -0.3 is 20.0 Å². The lowest BCUT2D eigenvalue weighted by Crippen LogP contribution is -2.44. The van der Waals surface area contributed by atoms with Crippen molar-refractivity contribution in [2.45, 2.75) is 20.1 Å². The molecule has 8 nitrogen and oxygen atoms in total. The number of pyridine rings is 1. The molecule has 24 heavy (non-hydrogen) atoms. The first-order chi connectivity index (χ1) is 11.4. The highest BCUT2D eigenvalue weighted by molar-refractivity contribution is 5.81. The Bertz CT molecular complexity index is 551. The van der Waals surface area contributed by atoms with Gasteiger partial charge in [0.1, 0.15) is 6.54 Å². The first-order valence-electron chi connectivity index (χ1n) is 7.82. The highest BCUT2D eigenvalue weighted by Gasteiger charge is 2.20. The minimum atomic E-state index is -1.18. The maximum absolute atomic E-state index is 12.4. The van der Waals surface area contributed by atoms with Gasteiger partial charge in [-0.05, 0) is 38.7 Å². The maximum Gasteiger partial charge on any atom is 0.408 e. The summed E-state index contributed by atoms with van der Waals surface area (Å²) in [5.74, 6) is -0.236. The fourth-order valence-corrected chi connectivity index (χ4v) is 2.14. The number of aliphatic hydroxyl groups is 1. The lowest BCUT2D eigenvalue weighted by Gasteiger charge is -2.26. The largest absolute Gasteiger partial charge is 0.465 e. The van der Waals surface area contributed by atoms with E-state index < -0.39 is 6.09 Å². The zero-order valence-corrected chi connectivity index (χ0v) is 14.5. The van der Waals surface area contributed by atoms with Gasteiger partial charge in [0, 0.05) is 25.8 Å². The quantitative estimate of drug-likeness (QED) is 0.679. The molecule has 2 N–H and O–H groups in total. The Hall–Kier alpha value is -2.19. The van der Waals surface area contributed by atoms with Gasteiger partial charge >= 0.3 is 6.09 Å². The molecule has 1 aromatic heterocycles. The van der Waals surface area contributed by atoms with Crippen LogP contribution in [0.15, 0.2) is 18.3 Å². The summed E-state index contributed by atoms with van der Waals surface area (Å²) >= 11 is 0. The summed E-state index contributed by atoms with van der Waals surface area (Å²) in [6.07, 6.45) is 0.334. The zero-order chi connectivity index (χ0) is 18.1. The van der Waals surface area contributed by atoms with E-state index in [9.17, 15) is 14.7 Å². The highest BCUT2D eigenvalue weighted by Crippen LogP contribution is 2.07. The number of likely N-dealkylation sites (N-methyl/N-ethyl adjacent to an activating group) is 2. The van der Waals surface area contributed by atoms with Crippen molar-refractivity contribution < 1.29 is 19.8 Å². The van der Waals surface area contributed by atoms with Crippen molar-refractivity contribution in [2.75, 3.05) is 40.3 Å². The van der Waals surface area contributed by atoms with E-state index in [1.54, 1.807) is 17.0 Å². The van der Waals surface area contributed by atoms with Crippen LogP contribution in [-0.2, 0) is 17.9 Å². The molecule has 0 aliphatic heterocycles. The van der Waals surface area contributed by atoms with Crippen LogP contribution in [0.5, 0.6) is 0 Å². The zero-order valence-electron chi connectivity index (χ0n) is 14.5. The molecule has 1 rings (SSSR count). The molecule has 0 fully saturated rings.